The van der Waals surface area contributed by atoms with Crippen LogP contribution < -0.4 is 25.8 Å². The number of carbonyl (C=O) groups is 4. The van der Waals surface area contributed by atoms with Gasteiger partial charge in [-0.2, -0.15) is 0 Å². The lowest BCUT2D eigenvalue weighted by molar-refractivity contribution is -0.139. The van der Waals surface area contributed by atoms with Crippen molar-refractivity contribution in [3.8, 4) is 11.5 Å². The molecular weight excluding hydrogens is 780 g/mol. The number of unbranched alkanes of at least 4 members (excludes halogenated alkanes) is 4. The normalized spacial score (nSPS) is 26.6. The molecule has 0 radical (unpaired) electrons. The summed E-state index contributed by atoms with van der Waals surface area (Å²) in [6.07, 6.45) is 8.16. The fraction of sp³-hybridized carbons (Fsp3) is 0.698. The first kappa shape index (κ1) is 43.0. The fourth-order valence-electron chi connectivity index (χ4n) is 9.17. The standard InChI is InChI=1S/C43H61ClN6O9/c1-25(2)46-37-23-36(31-10-11-35(38(44)39(31)48-37)57-17-14-49-12-15-56-16-13-49)58-30-22-34(40(45)51)50(24-30)41(52)33(47-43(55)59-29-19-27-18-28(27)20-29)9-7-5-3-4-6-8-26-21-32(26)42(53)54/h10-11,23,25-30,32-34H,3-9,12-22,24H2,1-2H3,(H2,45,51)(H,46,48)(H,47,55)(H,53,54)/t26-,27-,28+,29?,30?,32+,33+,34+/m1/s1. The maximum atomic E-state index is 14.4. The monoisotopic (exact) mass is 840 g/mol. The second-order valence-electron chi connectivity index (χ2n) is 17.5. The molecule has 3 heterocycles. The number of morpholine rings is 1. The van der Waals surface area contributed by atoms with Crippen LogP contribution >= 0.6 is 11.6 Å². The molecule has 1 aromatic carbocycles. The van der Waals surface area contributed by atoms with E-state index in [1.165, 1.54) is 11.3 Å². The molecule has 8 atom stereocenters. The Morgan fingerprint density at radius 3 is 2.44 bits per heavy atom. The number of primary amides is 1. The number of rotatable bonds is 21. The number of nitrogens with zero attached hydrogens (tertiary/aromatic N) is 3. The molecule has 3 aliphatic carbocycles. The van der Waals surface area contributed by atoms with Crippen molar-refractivity contribution in [2.24, 2.45) is 29.4 Å². The van der Waals surface area contributed by atoms with Crippen molar-refractivity contribution in [3.63, 3.8) is 0 Å². The number of hydrogen-bond donors (Lipinski definition) is 4. The number of carbonyl (C=O) groups excluding carboxylic acids is 3. The number of nitrogens with one attached hydrogen (secondary N) is 2. The van der Waals surface area contributed by atoms with Gasteiger partial charge in [0.05, 0.1) is 31.2 Å². The van der Waals surface area contributed by atoms with Crippen LogP contribution in [0.3, 0.4) is 0 Å². The number of anilines is 1. The summed E-state index contributed by atoms with van der Waals surface area (Å²) in [7, 11) is 0. The van der Waals surface area contributed by atoms with Gasteiger partial charge in [0, 0.05) is 43.5 Å². The first-order valence-corrected chi connectivity index (χ1v) is 22.1. The van der Waals surface area contributed by atoms with Gasteiger partial charge in [-0.1, -0.05) is 43.7 Å². The molecule has 15 nitrogen and oxygen atoms in total. The van der Waals surface area contributed by atoms with Gasteiger partial charge in [-0.15, -0.1) is 0 Å². The summed E-state index contributed by atoms with van der Waals surface area (Å²) >= 11 is 6.95. The van der Waals surface area contributed by atoms with Crippen LogP contribution in [0.15, 0.2) is 18.2 Å². The van der Waals surface area contributed by atoms with E-state index in [0.717, 1.165) is 71.0 Å². The average molecular weight is 841 g/mol. The first-order chi connectivity index (χ1) is 28.4. The first-order valence-electron chi connectivity index (χ1n) is 21.7. The van der Waals surface area contributed by atoms with Crippen molar-refractivity contribution in [2.75, 3.05) is 51.3 Å². The highest BCUT2D eigenvalue weighted by atomic mass is 35.5. The van der Waals surface area contributed by atoms with Crippen LogP contribution in [0.1, 0.15) is 90.9 Å². The maximum Gasteiger partial charge on any atom is 0.408 e. The Hall–Kier alpha value is -4.08. The Balaban J connectivity index is 1.01. The van der Waals surface area contributed by atoms with Gasteiger partial charge in [0.2, 0.25) is 11.8 Å². The van der Waals surface area contributed by atoms with Gasteiger partial charge in [-0.05, 0) is 82.3 Å². The number of carboxylic acids is 1. The molecule has 1 aromatic heterocycles. The van der Waals surface area contributed by atoms with E-state index in [1.807, 2.05) is 19.9 Å². The van der Waals surface area contributed by atoms with Crippen molar-refractivity contribution in [1.82, 2.24) is 20.1 Å². The zero-order valence-electron chi connectivity index (χ0n) is 34.4. The number of halogens is 1. The van der Waals surface area contributed by atoms with Crippen molar-refractivity contribution in [1.29, 1.82) is 0 Å². The molecule has 5 N–H and O–H groups in total. The molecule has 0 bridgehead atoms. The lowest BCUT2D eigenvalue weighted by atomic mass is 10.0. The quantitative estimate of drug-likeness (QED) is 0.114. The smallest absolute Gasteiger partial charge is 0.408 e. The molecule has 16 heteroatoms. The minimum atomic E-state index is -0.941. The molecule has 7 rings (SSSR count). The molecule has 5 aliphatic rings. The van der Waals surface area contributed by atoms with Crippen LogP contribution in [0, 0.1) is 23.7 Å². The molecule has 2 aliphatic heterocycles. The number of likely N-dealkylation sites (tertiary alicyclic amines) is 1. The van der Waals surface area contributed by atoms with E-state index >= 15 is 0 Å². The summed E-state index contributed by atoms with van der Waals surface area (Å²) in [5.41, 5.74) is 6.42. The molecule has 2 saturated heterocycles. The van der Waals surface area contributed by atoms with E-state index in [0.29, 0.717) is 83.7 Å². The highest BCUT2D eigenvalue weighted by Crippen LogP contribution is 2.52. The third-order valence-electron chi connectivity index (χ3n) is 12.6. The second-order valence-corrected chi connectivity index (χ2v) is 17.9. The third kappa shape index (κ3) is 11.4. The number of aromatic nitrogens is 1. The zero-order valence-corrected chi connectivity index (χ0v) is 35.1. The van der Waals surface area contributed by atoms with Crippen LogP contribution in [0.2, 0.25) is 5.02 Å². The van der Waals surface area contributed by atoms with Gasteiger partial charge in [0.1, 0.15) is 53.2 Å². The molecule has 5 fully saturated rings. The molecule has 2 unspecified atom stereocenters. The summed E-state index contributed by atoms with van der Waals surface area (Å²) in [6.45, 7) is 8.39. The summed E-state index contributed by atoms with van der Waals surface area (Å²) in [6, 6.07) is 3.66. The summed E-state index contributed by atoms with van der Waals surface area (Å²) < 4.78 is 24.0. The van der Waals surface area contributed by atoms with Crippen molar-refractivity contribution >= 4 is 52.2 Å². The van der Waals surface area contributed by atoms with E-state index in [1.54, 1.807) is 12.1 Å². The van der Waals surface area contributed by atoms with Gasteiger partial charge in [-0.25, -0.2) is 9.78 Å². The predicted octanol–water partition coefficient (Wildman–Crippen LogP) is 5.60. The SMILES string of the molecule is CC(C)Nc1cc(OC2C[C@@H](C(N)=O)N(C(=O)[C@H](CCCCCCC[C@@H]3C[C@@H]3C(=O)O)NC(=O)OC3C[C@@H]4C[C@@H]4C3)C2)c2ccc(OCCN3CCOCC3)c(Cl)c2n1. The van der Waals surface area contributed by atoms with Crippen LogP contribution in [-0.4, -0.2) is 120 Å². The Morgan fingerprint density at radius 1 is 0.983 bits per heavy atom. The topological polar surface area (TPSA) is 195 Å². The number of pyridine rings is 1. The van der Waals surface area contributed by atoms with Crippen LogP contribution in [0.5, 0.6) is 11.5 Å². The number of nitrogens with two attached hydrogens (primary N) is 1. The van der Waals surface area contributed by atoms with Crippen LogP contribution in [-0.2, 0) is 23.9 Å². The van der Waals surface area contributed by atoms with Gasteiger partial charge in [0.25, 0.3) is 0 Å². The number of ether oxygens (including phenoxy) is 4. The van der Waals surface area contributed by atoms with Crippen LogP contribution in [0.25, 0.3) is 10.9 Å². The van der Waals surface area contributed by atoms with Crippen molar-refractivity contribution in [2.45, 2.75) is 121 Å². The van der Waals surface area contributed by atoms with Crippen molar-refractivity contribution in [3.05, 3.63) is 23.2 Å². The number of amides is 3. The lowest BCUT2D eigenvalue weighted by Gasteiger charge is -2.28. The Kier molecular flexibility index (Phi) is 14.2. The molecule has 0 spiro atoms. The highest BCUT2D eigenvalue weighted by Gasteiger charge is 2.48. The minimum Gasteiger partial charge on any atom is -0.491 e. The predicted molar refractivity (Wildman–Crippen MR) is 222 cm³/mol. The highest BCUT2D eigenvalue weighted by molar-refractivity contribution is 6.36. The summed E-state index contributed by atoms with van der Waals surface area (Å²) in [5.74, 6) is 1.15. The molecule has 59 heavy (non-hydrogen) atoms. The van der Waals surface area contributed by atoms with E-state index in [2.05, 4.69) is 15.5 Å². The van der Waals surface area contributed by atoms with Gasteiger partial charge >= 0.3 is 12.1 Å². The van der Waals surface area contributed by atoms with Gasteiger partial charge < -0.3 is 45.3 Å². The maximum absolute atomic E-state index is 14.4. The number of hydrogen-bond acceptors (Lipinski definition) is 11. The minimum absolute atomic E-state index is 0.0585. The molecule has 324 valence electrons. The summed E-state index contributed by atoms with van der Waals surface area (Å²) in [5, 5.41) is 16.4. The largest absolute Gasteiger partial charge is 0.491 e. The zero-order chi connectivity index (χ0) is 41.6. The van der Waals surface area contributed by atoms with E-state index in [4.69, 9.17) is 41.3 Å². The number of fused-ring (bicyclic) bond motifs is 2. The molecular formula is C43H61ClN6O9. The fourth-order valence-corrected chi connectivity index (χ4v) is 9.43. The number of aliphatic carboxylic acids is 1. The Morgan fingerprint density at radius 2 is 1.73 bits per heavy atom. The number of benzene rings is 1. The average Bonchev–Trinajstić information content (AvgIpc) is 4.06. The van der Waals surface area contributed by atoms with E-state index in [-0.39, 0.29) is 31.0 Å². The molecule has 3 saturated carbocycles. The van der Waals surface area contributed by atoms with E-state index in [9.17, 15) is 24.3 Å². The molecule has 2 aromatic rings. The van der Waals surface area contributed by atoms with Gasteiger partial charge in [0.15, 0.2) is 0 Å². The van der Waals surface area contributed by atoms with Crippen molar-refractivity contribution < 1.29 is 43.2 Å². The Bertz CT molecular complexity index is 1820. The third-order valence-corrected chi connectivity index (χ3v) is 13.0. The summed E-state index contributed by atoms with van der Waals surface area (Å²) in [4.78, 5) is 60.2. The van der Waals surface area contributed by atoms with Crippen LogP contribution in [0.4, 0.5) is 10.6 Å². The number of carboxylic acid groups (broad SMARTS) is 1. The lowest BCUT2D eigenvalue weighted by Crippen LogP contribution is -2.53. The second kappa shape index (κ2) is 19.5. The Labute approximate surface area is 351 Å². The molecule has 3 amide bonds. The van der Waals surface area contributed by atoms with E-state index < -0.39 is 42.1 Å². The number of alkyl carbamates (subject to hydrolysis) is 1. The van der Waals surface area contributed by atoms with Gasteiger partial charge in [-0.3, -0.25) is 19.3 Å².